The third-order valence-electron chi connectivity index (χ3n) is 2.94. The van der Waals surface area contributed by atoms with Gasteiger partial charge in [-0.25, -0.2) is 9.98 Å². The number of aliphatic imine (C=N–C) groups is 1. The van der Waals surface area contributed by atoms with Crippen LogP contribution in [0.4, 0.5) is 13.2 Å². The first-order chi connectivity index (χ1) is 11.5. The highest BCUT2D eigenvalue weighted by Gasteiger charge is 2.33. The van der Waals surface area contributed by atoms with E-state index in [1.165, 1.54) is 0 Å². The van der Waals surface area contributed by atoms with Crippen molar-refractivity contribution in [1.82, 2.24) is 20.6 Å². The standard InChI is InChI=1S/C15H18F3N5S.HI/c1-2-19-14(22-9-11-5-3-4-7-20-11)21-8-6-13-23-12(10-24-13)15(16,17)18;/h3-5,7,10H,2,6,8-9H2,1H3,(H2,19,21,22);1H. The van der Waals surface area contributed by atoms with Crippen molar-refractivity contribution in [3.63, 3.8) is 0 Å². The molecule has 0 aliphatic rings. The van der Waals surface area contributed by atoms with Crippen LogP contribution in [0.15, 0.2) is 34.8 Å². The minimum atomic E-state index is -4.39. The second kappa shape index (κ2) is 10.5. The Balaban J connectivity index is 0.00000312. The number of alkyl halides is 3. The number of guanidine groups is 1. The number of halogens is 4. The Hall–Kier alpha value is -1.43. The van der Waals surface area contributed by atoms with Crippen LogP contribution in [-0.2, 0) is 19.1 Å². The molecule has 0 fully saturated rings. The van der Waals surface area contributed by atoms with Gasteiger partial charge in [-0.3, -0.25) is 4.98 Å². The number of pyridine rings is 1. The van der Waals surface area contributed by atoms with E-state index in [4.69, 9.17) is 0 Å². The van der Waals surface area contributed by atoms with E-state index in [0.29, 0.717) is 37.0 Å². The SMILES string of the molecule is CCNC(=NCc1ccccn1)NCCc1nc(C(F)(F)F)cs1.I. The molecule has 0 spiro atoms. The summed E-state index contributed by atoms with van der Waals surface area (Å²) in [6.07, 6.45) is -2.29. The van der Waals surface area contributed by atoms with E-state index >= 15 is 0 Å². The smallest absolute Gasteiger partial charge is 0.357 e. The molecule has 0 bridgehead atoms. The third kappa shape index (κ3) is 7.55. The number of nitrogens with zero attached hydrogens (tertiary/aromatic N) is 3. The van der Waals surface area contributed by atoms with Gasteiger partial charge in [-0.2, -0.15) is 13.2 Å². The molecule has 2 N–H and O–H groups in total. The molecular formula is C15H19F3IN5S. The average molecular weight is 485 g/mol. The Kier molecular flexibility index (Phi) is 9.11. The van der Waals surface area contributed by atoms with Crippen LogP contribution >= 0.6 is 35.3 Å². The summed E-state index contributed by atoms with van der Waals surface area (Å²) in [7, 11) is 0. The Bertz CT molecular complexity index is 661. The van der Waals surface area contributed by atoms with Crippen LogP contribution in [-0.4, -0.2) is 29.0 Å². The van der Waals surface area contributed by atoms with Gasteiger partial charge in [-0.1, -0.05) is 6.07 Å². The van der Waals surface area contributed by atoms with E-state index in [9.17, 15) is 13.2 Å². The fraction of sp³-hybridized carbons (Fsp3) is 0.400. The Labute approximate surface area is 165 Å². The lowest BCUT2D eigenvalue weighted by molar-refractivity contribution is -0.140. The van der Waals surface area contributed by atoms with Gasteiger partial charge >= 0.3 is 6.18 Å². The molecule has 138 valence electrons. The van der Waals surface area contributed by atoms with Crippen LogP contribution in [0, 0.1) is 0 Å². The van der Waals surface area contributed by atoms with Crippen LogP contribution in [0.3, 0.4) is 0 Å². The van der Waals surface area contributed by atoms with Gasteiger partial charge in [-0.05, 0) is 19.1 Å². The van der Waals surface area contributed by atoms with Crippen molar-refractivity contribution in [2.45, 2.75) is 26.1 Å². The fourth-order valence-corrected chi connectivity index (χ4v) is 2.64. The quantitative estimate of drug-likeness (QED) is 0.374. The molecule has 0 unspecified atom stereocenters. The first-order valence-electron chi connectivity index (χ1n) is 7.42. The molecule has 2 aromatic heterocycles. The largest absolute Gasteiger partial charge is 0.434 e. The first kappa shape index (κ1) is 21.6. The lowest BCUT2D eigenvalue weighted by atomic mass is 10.3. The number of thiazole rings is 1. The van der Waals surface area contributed by atoms with Gasteiger partial charge in [-0.15, -0.1) is 35.3 Å². The maximum Gasteiger partial charge on any atom is 0.434 e. The van der Waals surface area contributed by atoms with E-state index in [2.05, 4.69) is 25.6 Å². The summed E-state index contributed by atoms with van der Waals surface area (Å²) in [6, 6.07) is 5.60. The molecule has 0 saturated carbocycles. The van der Waals surface area contributed by atoms with E-state index in [0.717, 1.165) is 22.4 Å². The molecule has 10 heteroatoms. The molecule has 25 heavy (non-hydrogen) atoms. The highest BCUT2D eigenvalue weighted by atomic mass is 127. The Morgan fingerprint density at radius 2 is 2.08 bits per heavy atom. The topological polar surface area (TPSA) is 62.2 Å². The minimum Gasteiger partial charge on any atom is -0.357 e. The second-order valence-electron chi connectivity index (χ2n) is 4.82. The maximum atomic E-state index is 12.5. The van der Waals surface area contributed by atoms with E-state index in [-0.39, 0.29) is 24.0 Å². The van der Waals surface area contributed by atoms with Crippen LogP contribution in [0.2, 0.25) is 0 Å². The second-order valence-corrected chi connectivity index (χ2v) is 5.76. The van der Waals surface area contributed by atoms with Crippen LogP contribution in [0.1, 0.15) is 23.3 Å². The predicted octanol–water partition coefficient (Wildman–Crippen LogP) is 3.47. The molecule has 2 aromatic rings. The molecule has 0 saturated heterocycles. The average Bonchev–Trinajstić information content (AvgIpc) is 3.03. The molecule has 0 aromatic carbocycles. The summed E-state index contributed by atoms with van der Waals surface area (Å²) >= 11 is 1.01. The van der Waals surface area contributed by atoms with Gasteiger partial charge in [0, 0.05) is 31.1 Å². The van der Waals surface area contributed by atoms with Crippen molar-refractivity contribution in [3.8, 4) is 0 Å². The van der Waals surface area contributed by atoms with Crippen molar-refractivity contribution in [2.75, 3.05) is 13.1 Å². The number of nitrogens with one attached hydrogen (secondary N) is 2. The normalized spacial score (nSPS) is 11.8. The zero-order chi connectivity index (χ0) is 17.4. The molecule has 0 aliphatic carbocycles. The van der Waals surface area contributed by atoms with Crippen molar-refractivity contribution >= 4 is 41.3 Å². The molecule has 0 amide bonds. The van der Waals surface area contributed by atoms with Crippen molar-refractivity contribution in [1.29, 1.82) is 0 Å². The van der Waals surface area contributed by atoms with Crippen LogP contribution < -0.4 is 10.6 Å². The maximum absolute atomic E-state index is 12.5. The highest BCUT2D eigenvalue weighted by Crippen LogP contribution is 2.29. The molecular weight excluding hydrogens is 466 g/mol. The van der Waals surface area contributed by atoms with Crippen molar-refractivity contribution in [3.05, 3.63) is 46.2 Å². The number of hydrogen-bond donors (Lipinski definition) is 2. The Morgan fingerprint density at radius 1 is 1.28 bits per heavy atom. The minimum absolute atomic E-state index is 0. The molecule has 2 heterocycles. The van der Waals surface area contributed by atoms with Gasteiger partial charge in [0.25, 0.3) is 0 Å². The van der Waals surface area contributed by atoms with Crippen LogP contribution in [0.5, 0.6) is 0 Å². The van der Waals surface area contributed by atoms with E-state index in [1.54, 1.807) is 6.20 Å². The van der Waals surface area contributed by atoms with Gasteiger partial charge in [0.15, 0.2) is 11.7 Å². The fourth-order valence-electron chi connectivity index (χ4n) is 1.84. The number of rotatable bonds is 6. The van der Waals surface area contributed by atoms with Gasteiger partial charge in [0.1, 0.15) is 0 Å². The lowest BCUT2D eigenvalue weighted by Gasteiger charge is -2.10. The summed E-state index contributed by atoms with van der Waals surface area (Å²) in [5, 5.41) is 7.64. The van der Waals surface area contributed by atoms with E-state index in [1.807, 2.05) is 25.1 Å². The summed E-state index contributed by atoms with van der Waals surface area (Å²) in [5.41, 5.74) is 0.00247. The monoisotopic (exact) mass is 485 g/mol. The van der Waals surface area contributed by atoms with Gasteiger partial charge in [0.05, 0.1) is 17.2 Å². The molecule has 0 radical (unpaired) electrons. The third-order valence-corrected chi connectivity index (χ3v) is 3.85. The highest BCUT2D eigenvalue weighted by molar-refractivity contribution is 14.0. The summed E-state index contributed by atoms with van der Waals surface area (Å²) < 4.78 is 37.5. The van der Waals surface area contributed by atoms with Crippen molar-refractivity contribution < 1.29 is 13.2 Å². The number of aromatic nitrogens is 2. The van der Waals surface area contributed by atoms with E-state index < -0.39 is 11.9 Å². The van der Waals surface area contributed by atoms with Crippen molar-refractivity contribution in [2.24, 2.45) is 4.99 Å². The van der Waals surface area contributed by atoms with Gasteiger partial charge < -0.3 is 10.6 Å². The summed E-state index contributed by atoms with van der Waals surface area (Å²) in [5.74, 6) is 0.593. The Morgan fingerprint density at radius 3 is 2.68 bits per heavy atom. The number of hydrogen-bond acceptors (Lipinski definition) is 4. The first-order valence-corrected chi connectivity index (χ1v) is 8.30. The summed E-state index contributed by atoms with van der Waals surface area (Å²) in [4.78, 5) is 12.2. The zero-order valence-electron chi connectivity index (χ0n) is 13.5. The van der Waals surface area contributed by atoms with Crippen LogP contribution in [0.25, 0.3) is 0 Å². The summed E-state index contributed by atoms with van der Waals surface area (Å²) in [6.45, 7) is 3.49. The molecule has 2 rings (SSSR count). The zero-order valence-corrected chi connectivity index (χ0v) is 16.7. The van der Waals surface area contributed by atoms with Gasteiger partial charge in [0.2, 0.25) is 0 Å². The molecule has 5 nitrogen and oxygen atoms in total. The predicted molar refractivity (Wildman–Crippen MR) is 103 cm³/mol. The molecule has 0 atom stereocenters. The lowest BCUT2D eigenvalue weighted by Crippen LogP contribution is -2.38. The molecule has 0 aliphatic heterocycles.